The number of rotatable bonds is 4. The standard InChI is InChI=1S/C23H24FNO2/c1-16-11-20(24)8-7-19(16)12-18-13-21-9-10-22(14-18)25(21)23(26)27-15-17-5-3-2-4-6-17/h2-8,11,13,21-22H,9-10,12,14-15H2,1H3. The predicted octanol–water partition coefficient (Wildman–Crippen LogP) is 5.18. The third-order valence-corrected chi connectivity index (χ3v) is 5.61. The second-order valence-electron chi connectivity index (χ2n) is 7.52. The van der Waals surface area contributed by atoms with E-state index in [-0.39, 0.29) is 24.0 Å². The highest BCUT2D eigenvalue weighted by atomic mass is 19.1. The lowest BCUT2D eigenvalue weighted by Crippen LogP contribution is -2.43. The Morgan fingerprint density at radius 3 is 2.74 bits per heavy atom. The van der Waals surface area contributed by atoms with Crippen LogP contribution in [0.4, 0.5) is 9.18 Å². The van der Waals surface area contributed by atoms with Crippen molar-refractivity contribution in [1.29, 1.82) is 0 Å². The van der Waals surface area contributed by atoms with Crippen molar-refractivity contribution in [2.75, 3.05) is 0 Å². The molecule has 2 aromatic carbocycles. The Morgan fingerprint density at radius 1 is 1.19 bits per heavy atom. The Morgan fingerprint density at radius 2 is 2.00 bits per heavy atom. The average molecular weight is 365 g/mol. The van der Waals surface area contributed by atoms with Gasteiger partial charge in [-0.2, -0.15) is 0 Å². The van der Waals surface area contributed by atoms with E-state index in [0.29, 0.717) is 6.61 Å². The van der Waals surface area contributed by atoms with Crippen molar-refractivity contribution in [2.45, 2.75) is 51.3 Å². The number of carbonyl (C=O) groups excluding carboxylic acids is 1. The van der Waals surface area contributed by atoms with E-state index >= 15 is 0 Å². The Bertz CT molecular complexity index is 862. The molecule has 2 atom stereocenters. The summed E-state index contributed by atoms with van der Waals surface area (Å²) < 4.78 is 18.9. The van der Waals surface area contributed by atoms with E-state index < -0.39 is 0 Å². The van der Waals surface area contributed by atoms with Gasteiger partial charge in [0.25, 0.3) is 0 Å². The molecule has 2 aliphatic rings. The Labute approximate surface area is 159 Å². The first-order valence-corrected chi connectivity index (χ1v) is 9.54. The molecule has 1 fully saturated rings. The first-order valence-electron chi connectivity index (χ1n) is 9.54. The van der Waals surface area contributed by atoms with Crippen LogP contribution >= 0.6 is 0 Å². The van der Waals surface area contributed by atoms with Gasteiger partial charge in [0.15, 0.2) is 0 Å². The molecule has 27 heavy (non-hydrogen) atoms. The molecule has 1 amide bonds. The molecule has 4 rings (SSSR count). The van der Waals surface area contributed by atoms with Crippen molar-refractivity contribution in [2.24, 2.45) is 0 Å². The van der Waals surface area contributed by atoms with Crippen molar-refractivity contribution >= 4 is 6.09 Å². The van der Waals surface area contributed by atoms with Gasteiger partial charge in [-0.05, 0) is 61.4 Å². The molecule has 0 aliphatic carbocycles. The second kappa shape index (κ2) is 7.55. The Balaban J connectivity index is 1.42. The van der Waals surface area contributed by atoms with Gasteiger partial charge in [0.1, 0.15) is 12.4 Å². The van der Waals surface area contributed by atoms with Crippen LogP contribution in [-0.4, -0.2) is 23.1 Å². The van der Waals surface area contributed by atoms with Crippen LogP contribution in [0, 0.1) is 12.7 Å². The number of hydrogen-bond acceptors (Lipinski definition) is 2. The number of benzene rings is 2. The van der Waals surface area contributed by atoms with Crippen LogP contribution in [0.3, 0.4) is 0 Å². The van der Waals surface area contributed by atoms with Crippen molar-refractivity contribution in [3.05, 3.63) is 82.7 Å². The fraction of sp³-hybridized carbons (Fsp3) is 0.348. The molecule has 0 spiro atoms. The predicted molar refractivity (Wildman–Crippen MR) is 103 cm³/mol. The number of aryl methyl sites for hydroxylation is 1. The quantitative estimate of drug-likeness (QED) is 0.699. The highest BCUT2D eigenvalue weighted by molar-refractivity contribution is 5.70. The smallest absolute Gasteiger partial charge is 0.410 e. The van der Waals surface area contributed by atoms with Gasteiger partial charge in [-0.25, -0.2) is 9.18 Å². The fourth-order valence-corrected chi connectivity index (χ4v) is 4.23. The minimum atomic E-state index is -0.223. The summed E-state index contributed by atoms with van der Waals surface area (Å²) in [6, 6.07) is 15.1. The lowest BCUT2D eigenvalue weighted by Gasteiger charge is -2.33. The zero-order valence-electron chi connectivity index (χ0n) is 15.5. The Hall–Kier alpha value is -2.62. The van der Waals surface area contributed by atoms with Crippen LogP contribution in [0.15, 0.2) is 60.2 Å². The van der Waals surface area contributed by atoms with E-state index in [1.807, 2.05) is 48.2 Å². The number of halogens is 1. The maximum Gasteiger partial charge on any atom is 0.410 e. The molecule has 0 radical (unpaired) electrons. The number of ether oxygens (including phenoxy) is 1. The molecule has 1 saturated heterocycles. The summed E-state index contributed by atoms with van der Waals surface area (Å²) in [5, 5.41) is 0. The molecule has 0 N–H and O–H groups in total. The Kier molecular flexibility index (Phi) is 4.97. The topological polar surface area (TPSA) is 29.5 Å². The number of nitrogens with zero attached hydrogens (tertiary/aromatic N) is 1. The fourth-order valence-electron chi connectivity index (χ4n) is 4.23. The van der Waals surface area contributed by atoms with Gasteiger partial charge >= 0.3 is 6.09 Å². The molecule has 140 valence electrons. The summed E-state index contributed by atoms with van der Waals surface area (Å²) in [5.41, 5.74) is 4.47. The zero-order chi connectivity index (χ0) is 18.8. The largest absolute Gasteiger partial charge is 0.445 e. The van der Waals surface area contributed by atoms with Crippen LogP contribution in [0.5, 0.6) is 0 Å². The lowest BCUT2D eigenvalue weighted by molar-refractivity contribution is 0.0815. The van der Waals surface area contributed by atoms with E-state index in [0.717, 1.165) is 42.4 Å². The van der Waals surface area contributed by atoms with Gasteiger partial charge in [0.2, 0.25) is 0 Å². The minimum absolute atomic E-state index is 0.114. The second-order valence-corrected chi connectivity index (χ2v) is 7.52. The monoisotopic (exact) mass is 365 g/mol. The molecule has 0 aromatic heterocycles. The SMILES string of the molecule is Cc1cc(F)ccc1CC1=CC2CCC(C1)N2C(=O)OCc1ccccc1. The van der Waals surface area contributed by atoms with Crippen LogP contribution in [0.25, 0.3) is 0 Å². The normalized spacial score (nSPS) is 21.1. The van der Waals surface area contributed by atoms with E-state index in [2.05, 4.69) is 6.08 Å². The van der Waals surface area contributed by atoms with E-state index in [9.17, 15) is 9.18 Å². The maximum absolute atomic E-state index is 13.3. The van der Waals surface area contributed by atoms with Crippen molar-refractivity contribution < 1.29 is 13.9 Å². The van der Waals surface area contributed by atoms with Gasteiger partial charge in [-0.1, -0.05) is 48.0 Å². The van der Waals surface area contributed by atoms with Crippen molar-refractivity contribution in [3.63, 3.8) is 0 Å². The average Bonchev–Trinajstić information content (AvgIpc) is 2.94. The molecular weight excluding hydrogens is 341 g/mol. The van der Waals surface area contributed by atoms with Crippen LogP contribution in [-0.2, 0) is 17.8 Å². The zero-order valence-corrected chi connectivity index (χ0v) is 15.5. The van der Waals surface area contributed by atoms with Gasteiger partial charge in [-0.3, -0.25) is 4.90 Å². The summed E-state index contributed by atoms with van der Waals surface area (Å²) in [5.74, 6) is -0.193. The molecule has 2 aromatic rings. The van der Waals surface area contributed by atoms with Gasteiger partial charge in [-0.15, -0.1) is 0 Å². The highest BCUT2D eigenvalue weighted by Crippen LogP contribution is 2.36. The number of carbonyl (C=O) groups is 1. The first-order chi connectivity index (χ1) is 13.1. The lowest BCUT2D eigenvalue weighted by atomic mass is 9.93. The van der Waals surface area contributed by atoms with Crippen molar-refractivity contribution in [3.8, 4) is 0 Å². The summed E-state index contributed by atoms with van der Waals surface area (Å²) in [4.78, 5) is 14.5. The van der Waals surface area contributed by atoms with Gasteiger partial charge in [0, 0.05) is 6.04 Å². The maximum atomic E-state index is 13.3. The molecule has 3 nitrogen and oxygen atoms in total. The molecule has 2 unspecified atom stereocenters. The number of fused-ring (bicyclic) bond motifs is 2. The third kappa shape index (κ3) is 3.90. The number of hydrogen-bond donors (Lipinski definition) is 0. The molecule has 2 bridgehead atoms. The van der Waals surface area contributed by atoms with Crippen LogP contribution < -0.4 is 0 Å². The van der Waals surface area contributed by atoms with Crippen LogP contribution in [0.2, 0.25) is 0 Å². The summed E-state index contributed by atoms with van der Waals surface area (Å²) >= 11 is 0. The third-order valence-electron chi connectivity index (χ3n) is 5.61. The van der Waals surface area contributed by atoms with Gasteiger partial charge in [0.05, 0.1) is 6.04 Å². The summed E-state index contributed by atoms with van der Waals surface area (Å²) in [6.07, 6.45) is 5.68. The van der Waals surface area contributed by atoms with E-state index in [1.165, 1.54) is 11.6 Å². The van der Waals surface area contributed by atoms with Gasteiger partial charge < -0.3 is 4.74 Å². The summed E-state index contributed by atoms with van der Waals surface area (Å²) in [6.45, 7) is 2.25. The molecule has 0 saturated carbocycles. The van der Waals surface area contributed by atoms with E-state index in [4.69, 9.17) is 4.74 Å². The van der Waals surface area contributed by atoms with E-state index in [1.54, 1.807) is 6.07 Å². The molecule has 2 heterocycles. The first kappa shape index (κ1) is 17.8. The highest BCUT2D eigenvalue weighted by Gasteiger charge is 2.40. The van der Waals surface area contributed by atoms with Crippen LogP contribution in [0.1, 0.15) is 36.0 Å². The minimum Gasteiger partial charge on any atom is -0.445 e. The molecular formula is C23H24FNO2. The molecule has 4 heteroatoms. The molecule has 2 aliphatic heterocycles. The summed E-state index contributed by atoms with van der Waals surface area (Å²) in [7, 11) is 0. The number of amides is 1. The van der Waals surface area contributed by atoms with Crippen molar-refractivity contribution in [1.82, 2.24) is 4.90 Å².